The Labute approximate surface area is 126 Å². The lowest BCUT2D eigenvalue weighted by Crippen LogP contribution is -2.34. The number of hydrogen-bond acceptors (Lipinski definition) is 3. The molecule has 0 bridgehead atoms. The first-order valence-corrected chi connectivity index (χ1v) is 7.26. The van der Waals surface area contributed by atoms with Crippen molar-refractivity contribution in [1.82, 2.24) is 10.3 Å². The van der Waals surface area contributed by atoms with Crippen LogP contribution in [-0.4, -0.2) is 24.0 Å². The maximum absolute atomic E-state index is 12.7. The Morgan fingerprint density at radius 2 is 2.15 bits per heavy atom. The zero-order valence-electron chi connectivity index (χ0n) is 10.8. The summed E-state index contributed by atoms with van der Waals surface area (Å²) in [5.41, 5.74) is 2.71. The van der Waals surface area contributed by atoms with Gasteiger partial charge in [-0.05, 0) is 33.6 Å². The van der Waals surface area contributed by atoms with E-state index in [-0.39, 0.29) is 5.91 Å². The summed E-state index contributed by atoms with van der Waals surface area (Å²) in [6, 6.07) is 9.80. The smallest absolute Gasteiger partial charge is 0.259 e. The first kappa shape index (κ1) is 13.3. The molecule has 0 spiro atoms. The van der Waals surface area contributed by atoms with Gasteiger partial charge in [-0.15, -0.1) is 0 Å². The van der Waals surface area contributed by atoms with E-state index in [9.17, 15) is 4.79 Å². The molecule has 5 heteroatoms. The molecule has 102 valence electrons. The van der Waals surface area contributed by atoms with Crippen LogP contribution in [-0.2, 0) is 6.54 Å². The largest absolute Gasteiger partial charge is 0.311 e. The van der Waals surface area contributed by atoms with Gasteiger partial charge in [-0.1, -0.05) is 18.2 Å². The molecule has 0 radical (unpaired) electrons. The molecule has 0 saturated carbocycles. The van der Waals surface area contributed by atoms with Crippen LogP contribution in [0, 0.1) is 0 Å². The molecule has 2 heterocycles. The Kier molecular flexibility index (Phi) is 3.80. The van der Waals surface area contributed by atoms with E-state index in [1.165, 1.54) is 0 Å². The second-order valence-corrected chi connectivity index (χ2v) is 5.57. The molecule has 1 aromatic heterocycles. The SMILES string of the molecule is O=C(c1cncc(Br)c1)N1CCNCc2ccccc21. The van der Waals surface area contributed by atoms with Crippen LogP contribution < -0.4 is 10.2 Å². The van der Waals surface area contributed by atoms with Gasteiger partial charge < -0.3 is 10.2 Å². The third-order valence-corrected chi connectivity index (χ3v) is 3.74. The molecule has 1 amide bonds. The number of carbonyl (C=O) groups excluding carboxylic acids is 1. The topological polar surface area (TPSA) is 45.2 Å². The summed E-state index contributed by atoms with van der Waals surface area (Å²) in [5, 5.41) is 3.33. The van der Waals surface area contributed by atoms with Gasteiger partial charge in [-0.2, -0.15) is 0 Å². The number of halogens is 1. The Hall–Kier alpha value is -1.72. The summed E-state index contributed by atoms with van der Waals surface area (Å²) in [5.74, 6) is -0.0186. The molecule has 1 aliphatic rings. The lowest BCUT2D eigenvalue weighted by molar-refractivity contribution is 0.0987. The van der Waals surface area contributed by atoms with Crippen LogP contribution in [0.3, 0.4) is 0 Å². The minimum absolute atomic E-state index is 0.0186. The molecule has 0 fully saturated rings. The highest BCUT2D eigenvalue weighted by atomic mass is 79.9. The maximum atomic E-state index is 12.7. The number of para-hydroxylation sites is 1. The van der Waals surface area contributed by atoms with E-state index in [2.05, 4.69) is 26.2 Å². The second-order valence-electron chi connectivity index (χ2n) is 4.65. The van der Waals surface area contributed by atoms with Crippen molar-refractivity contribution in [3.63, 3.8) is 0 Å². The van der Waals surface area contributed by atoms with Gasteiger partial charge in [0.1, 0.15) is 0 Å². The van der Waals surface area contributed by atoms with Crippen molar-refractivity contribution in [3.05, 3.63) is 58.3 Å². The molecule has 3 rings (SSSR count). The lowest BCUT2D eigenvalue weighted by atomic mass is 10.1. The Balaban J connectivity index is 1.99. The van der Waals surface area contributed by atoms with Crippen LogP contribution in [0.15, 0.2) is 47.2 Å². The highest BCUT2D eigenvalue weighted by molar-refractivity contribution is 9.10. The standard InChI is InChI=1S/C15H14BrN3O/c16-13-7-12(9-18-10-13)15(20)19-6-5-17-8-11-3-1-2-4-14(11)19/h1-4,7,9-10,17H,5-6,8H2. The number of fused-ring (bicyclic) bond motifs is 1. The van der Waals surface area contributed by atoms with Crippen LogP contribution in [0.4, 0.5) is 5.69 Å². The summed E-state index contributed by atoms with van der Waals surface area (Å²) in [4.78, 5) is 18.6. The monoisotopic (exact) mass is 331 g/mol. The van der Waals surface area contributed by atoms with Crippen LogP contribution in [0.2, 0.25) is 0 Å². The van der Waals surface area contributed by atoms with E-state index in [0.717, 1.165) is 28.8 Å². The zero-order chi connectivity index (χ0) is 13.9. The minimum atomic E-state index is -0.0186. The normalized spacial score (nSPS) is 14.6. The molecule has 1 aromatic carbocycles. The van der Waals surface area contributed by atoms with Gasteiger partial charge in [0, 0.05) is 42.2 Å². The molecule has 0 aliphatic carbocycles. The number of carbonyl (C=O) groups is 1. The highest BCUT2D eigenvalue weighted by Gasteiger charge is 2.22. The maximum Gasteiger partial charge on any atom is 0.259 e. The highest BCUT2D eigenvalue weighted by Crippen LogP contribution is 2.24. The van der Waals surface area contributed by atoms with Crippen molar-refractivity contribution >= 4 is 27.5 Å². The Morgan fingerprint density at radius 3 is 3.00 bits per heavy atom. The Bertz CT molecular complexity index is 645. The van der Waals surface area contributed by atoms with E-state index in [1.807, 2.05) is 29.2 Å². The van der Waals surface area contributed by atoms with Crippen molar-refractivity contribution in [2.45, 2.75) is 6.54 Å². The van der Waals surface area contributed by atoms with Crippen LogP contribution in [0.5, 0.6) is 0 Å². The molecule has 2 aromatic rings. The van der Waals surface area contributed by atoms with Gasteiger partial charge in [-0.3, -0.25) is 9.78 Å². The lowest BCUT2D eigenvalue weighted by Gasteiger charge is -2.22. The van der Waals surface area contributed by atoms with Gasteiger partial charge in [0.2, 0.25) is 0 Å². The van der Waals surface area contributed by atoms with E-state index in [0.29, 0.717) is 12.1 Å². The number of pyridine rings is 1. The van der Waals surface area contributed by atoms with E-state index >= 15 is 0 Å². The number of rotatable bonds is 1. The fourth-order valence-electron chi connectivity index (χ4n) is 2.35. The number of amides is 1. The molecule has 0 unspecified atom stereocenters. The number of nitrogens with zero attached hydrogens (tertiary/aromatic N) is 2. The van der Waals surface area contributed by atoms with Gasteiger partial charge >= 0.3 is 0 Å². The van der Waals surface area contributed by atoms with Crippen LogP contribution >= 0.6 is 15.9 Å². The third kappa shape index (κ3) is 2.59. The Morgan fingerprint density at radius 1 is 1.30 bits per heavy atom. The molecule has 20 heavy (non-hydrogen) atoms. The summed E-state index contributed by atoms with van der Waals surface area (Å²) < 4.78 is 0.810. The van der Waals surface area contributed by atoms with E-state index in [1.54, 1.807) is 18.5 Å². The van der Waals surface area contributed by atoms with Crippen molar-refractivity contribution in [2.24, 2.45) is 0 Å². The third-order valence-electron chi connectivity index (χ3n) is 3.31. The summed E-state index contributed by atoms with van der Waals surface area (Å²) in [6.07, 6.45) is 3.28. The van der Waals surface area contributed by atoms with Crippen molar-refractivity contribution in [3.8, 4) is 0 Å². The predicted octanol–water partition coefficient (Wildman–Crippen LogP) is 2.59. The summed E-state index contributed by atoms with van der Waals surface area (Å²) >= 11 is 3.36. The average Bonchev–Trinajstić information content (AvgIpc) is 2.69. The summed E-state index contributed by atoms with van der Waals surface area (Å²) in [6.45, 7) is 2.22. The minimum Gasteiger partial charge on any atom is -0.311 e. The molecular formula is C15H14BrN3O. The van der Waals surface area contributed by atoms with E-state index in [4.69, 9.17) is 0 Å². The molecule has 4 nitrogen and oxygen atoms in total. The van der Waals surface area contributed by atoms with E-state index < -0.39 is 0 Å². The van der Waals surface area contributed by atoms with Gasteiger partial charge in [0.15, 0.2) is 0 Å². The zero-order valence-corrected chi connectivity index (χ0v) is 12.4. The number of anilines is 1. The van der Waals surface area contributed by atoms with Crippen LogP contribution in [0.1, 0.15) is 15.9 Å². The number of benzene rings is 1. The average molecular weight is 332 g/mol. The second kappa shape index (κ2) is 5.73. The van der Waals surface area contributed by atoms with Crippen molar-refractivity contribution in [2.75, 3.05) is 18.0 Å². The first-order valence-electron chi connectivity index (χ1n) is 6.47. The van der Waals surface area contributed by atoms with Gasteiger partial charge in [0.05, 0.1) is 5.56 Å². The van der Waals surface area contributed by atoms with Crippen molar-refractivity contribution < 1.29 is 4.79 Å². The van der Waals surface area contributed by atoms with Crippen molar-refractivity contribution in [1.29, 1.82) is 0 Å². The fourth-order valence-corrected chi connectivity index (χ4v) is 2.72. The number of nitrogens with one attached hydrogen (secondary N) is 1. The molecule has 0 saturated heterocycles. The molecule has 1 N–H and O–H groups in total. The number of hydrogen-bond donors (Lipinski definition) is 1. The first-order chi connectivity index (χ1) is 9.75. The van der Waals surface area contributed by atoms with Gasteiger partial charge in [-0.25, -0.2) is 0 Å². The predicted molar refractivity (Wildman–Crippen MR) is 81.8 cm³/mol. The van der Waals surface area contributed by atoms with Gasteiger partial charge in [0.25, 0.3) is 5.91 Å². The summed E-state index contributed by atoms with van der Waals surface area (Å²) in [7, 11) is 0. The molecule has 1 aliphatic heterocycles. The van der Waals surface area contributed by atoms with Crippen LogP contribution in [0.25, 0.3) is 0 Å². The molecular weight excluding hydrogens is 318 g/mol. The molecule has 0 atom stereocenters. The quantitative estimate of drug-likeness (QED) is 0.873. The fraction of sp³-hybridized carbons (Fsp3) is 0.200. The number of aromatic nitrogens is 1.